The molecular weight excluding hydrogens is 554 g/mol. The van der Waals surface area contributed by atoms with E-state index in [2.05, 4.69) is 25.7 Å². The summed E-state index contributed by atoms with van der Waals surface area (Å²) in [6.07, 6.45) is -0.797. The minimum atomic E-state index is -1.40. The van der Waals surface area contributed by atoms with Crippen molar-refractivity contribution in [2.24, 2.45) is 16.6 Å². The van der Waals surface area contributed by atoms with E-state index in [4.69, 9.17) is 10.5 Å². The maximum Gasteiger partial charge on any atom is 0.407 e. The van der Waals surface area contributed by atoms with Crippen LogP contribution in [0.2, 0.25) is 0 Å². The van der Waals surface area contributed by atoms with Crippen molar-refractivity contribution in [3.8, 4) is 11.3 Å². The minimum absolute atomic E-state index is 0.0625. The Labute approximate surface area is 253 Å². The Morgan fingerprint density at radius 3 is 2.12 bits per heavy atom. The summed E-state index contributed by atoms with van der Waals surface area (Å²) < 4.78 is 9.42. The van der Waals surface area contributed by atoms with Gasteiger partial charge in [-0.25, -0.2) is 9.59 Å². The van der Waals surface area contributed by atoms with Crippen molar-refractivity contribution >= 4 is 24.0 Å². The Balaban J connectivity index is 2.21. The molecule has 236 valence electrons. The van der Waals surface area contributed by atoms with Crippen LogP contribution in [0.1, 0.15) is 53.5 Å². The minimum Gasteiger partial charge on any atom is -0.453 e. The molecule has 0 radical (unpaired) electrons. The van der Waals surface area contributed by atoms with Gasteiger partial charge in [-0.15, -0.1) is 0 Å². The zero-order valence-electron chi connectivity index (χ0n) is 26.0. The van der Waals surface area contributed by atoms with E-state index in [1.54, 1.807) is 6.20 Å². The normalized spacial score (nSPS) is 13.3. The molecule has 0 fully saturated rings. The van der Waals surface area contributed by atoms with E-state index in [9.17, 15) is 24.3 Å². The number of aliphatic hydroxyl groups excluding tert-OH is 1. The summed E-state index contributed by atoms with van der Waals surface area (Å²) in [7, 11) is 1.22. The van der Waals surface area contributed by atoms with E-state index in [-0.39, 0.29) is 13.0 Å². The highest BCUT2D eigenvalue weighted by molar-refractivity contribution is 5.92. The van der Waals surface area contributed by atoms with Crippen LogP contribution in [-0.4, -0.2) is 72.0 Å². The Hall–Kier alpha value is -4.19. The van der Waals surface area contributed by atoms with Gasteiger partial charge in [0.15, 0.2) is 6.61 Å². The van der Waals surface area contributed by atoms with Gasteiger partial charge in [0.1, 0.15) is 5.54 Å². The number of carbonyl (C=O) groups excluding carboxylic acids is 4. The molecule has 12 heteroatoms. The van der Waals surface area contributed by atoms with Gasteiger partial charge < -0.3 is 36.3 Å². The first kappa shape index (κ1) is 35.0. The first-order chi connectivity index (χ1) is 20.0. The number of primary amides is 1. The van der Waals surface area contributed by atoms with Gasteiger partial charge >= 0.3 is 12.2 Å². The third-order valence-corrected chi connectivity index (χ3v) is 7.23. The van der Waals surface area contributed by atoms with Gasteiger partial charge in [0.05, 0.1) is 18.9 Å². The van der Waals surface area contributed by atoms with Gasteiger partial charge in [-0.3, -0.25) is 14.6 Å². The summed E-state index contributed by atoms with van der Waals surface area (Å²) in [5.74, 6) is -1.08. The molecule has 0 saturated heterocycles. The van der Waals surface area contributed by atoms with Crippen LogP contribution in [-0.2, 0) is 25.5 Å². The third kappa shape index (κ3) is 9.67. The summed E-state index contributed by atoms with van der Waals surface area (Å²) in [6.45, 7) is 10.3. The lowest BCUT2D eigenvalue weighted by Crippen LogP contribution is -2.72. The molecule has 0 saturated carbocycles. The number of benzene rings is 1. The first-order valence-electron chi connectivity index (χ1n) is 14.0. The van der Waals surface area contributed by atoms with Gasteiger partial charge in [-0.05, 0) is 41.4 Å². The molecule has 2 atom stereocenters. The number of nitrogens with one attached hydrogen (secondary N) is 3. The predicted molar refractivity (Wildman–Crippen MR) is 162 cm³/mol. The number of alkyl carbamates (subject to hydrolysis) is 1. The van der Waals surface area contributed by atoms with Crippen LogP contribution in [0.15, 0.2) is 48.7 Å². The Morgan fingerprint density at radius 2 is 1.60 bits per heavy atom. The van der Waals surface area contributed by atoms with E-state index in [1.165, 1.54) is 7.11 Å². The summed E-state index contributed by atoms with van der Waals surface area (Å²) in [5, 5.41) is 19.3. The maximum absolute atomic E-state index is 13.7. The molecule has 0 spiro atoms. The maximum atomic E-state index is 13.7. The molecule has 0 aliphatic rings. The van der Waals surface area contributed by atoms with Crippen LogP contribution < -0.4 is 21.7 Å². The van der Waals surface area contributed by atoms with Crippen LogP contribution in [0.3, 0.4) is 0 Å². The van der Waals surface area contributed by atoms with E-state index < -0.39 is 59.1 Å². The molecule has 0 aliphatic heterocycles. The average molecular weight is 600 g/mol. The second-order valence-corrected chi connectivity index (χ2v) is 12.5. The topological polar surface area (TPSA) is 182 Å². The standard InChI is InChI=1S/C31H45N5O7/c1-29(2,3)31(30(4,5)6,36-28(41)42-7)26(39)34-18-23(37)17-22(35-25(38)19-43-27(32)40)16-20-11-13-21(14-12-20)24-10-8-9-15-33-24/h8-15,22-23,37H,16-19H2,1-7H3,(H2,32,40)(H,34,39)(H,35,38)(H,36,41). The third-order valence-electron chi connectivity index (χ3n) is 7.23. The fourth-order valence-electron chi connectivity index (χ4n) is 5.43. The molecule has 0 aliphatic carbocycles. The summed E-state index contributed by atoms with van der Waals surface area (Å²) in [5.41, 5.74) is 4.70. The van der Waals surface area contributed by atoms with Crippen LogP contribution in [0, 0.1) is 10.8 Å². The quantitative estimate of drug-likeness (QED) is 0.247. The van der Waals surface area contributed by atoms with Gasteiger partial charge in [0.2, 0.25) is 5.91 Å². The monoisotopic (exact) mass is 599 g/mol. The van der Waals surface area contributed by atoms with Crippen LogP contribution in [0.4, 0.5) is 9.59 Å². The number of methoxy groups -OCH3 is 1. The predicted octanol–water partition coefficient (Wildman–Crippen LogP) is 2.93. The number of rotatable bonds is 12. The van der Waals surface area contributed by atoms with Gasteiger partial charge in [-0.2, -0.15) is 0 Å². The molecule has 12 nitrogen and oxygen atoms in total. The van der Waals surface area contributed by atoms with Crippen molar-refractivity contribution in [1.82, 2.24) is 20.9 Å². The number of aromatic nitrogens is 1. The SMILES string of the molecule is COC(=O)NC(C(=O)NCC(O)CC(Cc1ccc(-c2ccccn2)cc1)NC(=O)COC(N)=O)(C(C)(C)C)C(C)(C)C. The lowest BCUT2D eigenvalue weighted by Gasteiger charge is -2.51. The number of carbonyl (C=O) groups is 4. The number of amides is 4. The summed E-state index contributed by atoms with van der Waals surface area (Å²) in [4.78, 5) is 53.9. The lowest BCUT2D eigenvalue weighted by atomic mass is 9.59. The van der Waals surface area contributed by atoms with Crippen molar-refractivity contribution in [1.29, 1.82) is 0 Å². The van der Waals surface area contributed by atoms with Gasteiger partial charge in [0, 0.05) is 24.3 Å². The fraction of sp³-hybridized carbons (Fsp3) is 0.516. The number of aliphatic hydroxyl groups is 1. The molecule has 4 amide bonds. The smallest absolute Gasteiger partial charge is 0.407 e. The van der Waals surface area contributed by atoms with Crippen LogP contribution >= 0.6 is 0 Å². The van der Waals surface area contributed by atoms with Crippen molar-refractivity contribution in [2.75, 3.05) is 20.3 Å². The molecule has 1 aromatic carbocycles. The Kier molecular flexibility index (Phi) is 12.1. The van der Waals surface area contributed by atoms with Crippen LogP contribution in [0.5, 0.6) is 0 Å². The molecule has 1 aromatic heterocycles. The number of hydrogen-bond acceptors (Lipinski definition) is 8. The molecule has 2 unspecified atom stereocenters. The second kappa shape index (κ2) is 14.8. The largest absolute Gasteiger partial charge is 0.453 e. The number of nitrogens with zero attached hydrogens (tertiary/aromatic N) is 1. The first-order valence-corrected chi connectivity index (χ1v) is 14.0. The average Bonchev–Trinajstić information content (AvgIpc) is 2.92. The Morgan fingerprint density at radius 1 is 0.977 bits per heavy atom. The zero-order valence-corrected chi connectivity index (χ0v) is 26.0. The highest BCUT2D eigenvalue weighted by atomic mass is 16.5. The van der Waals surface area contributed by atoms with E-state index in [1.807, 2.05) is 84.0 Å². The summed E-state index contributed by atoms with van der Waals surface area (Å²) >= 11 is 0. The molecule has 43 heavy (non-hydrogen) atoms. The molecule has 2 rings (SSSR count). The van der Waals surface area contributed by atoms with Crippen molar-refractivity contribution in [2.45, 2.75) is 72.1 Å². The number of nitrogens with two attached hydrogens (primary N) is 1. The highest BCUT2D eigenvalue weighted by Crippen LogP contribution is 2.44. The number of pyridine rings is 1. The van der Waals surface area contributed by atoms with E-state index >= 15 is 0 Å². The molecule has 0 bridgehead atoms. The molecular formula is C31H45N5O7. The summed E-state index contributed by atoms with van der Waals surface area (Å²) in [6, 6.07) is 12.7. The fourth-order valence-corrected chi connectivity index (χ4v) is 5.43. The van der Waals surface area contributed by atoms with Crippen molar-refractivity contribution in [3.05, 3.63) is 54.2 Å². The highest BCUT2D eigenvalue weighted by Gasteiger charge is 2.57. The molecule has 1 heterocycles. The van der Waals surface area contributed by atoms with Crippen molar-refractivity contribution in [3.63, 3.8) is 0 Å². The van der Waals surface area contributed by atoms with E-state index in [0.717, 1.165) is 16.8 Å². The lowest BCUT2D eigenvalue weighted by molar-refractivity contribution is -0.139. The van der Waals surface area contributed by atoms with E-state index in [0.29, 0.717) is 6.42 Å². The van der Waals surface area contributed by atoms with Crippen molar-refractivity contribution < 1.29 is 33.8 Å². The number of hydrogen-bond donors (Lipinski definition) is 5. The number of ether oxygens (including phenoxy) is 2. The second-order valence-electron chi connectivity index (χ2n) is 12.5. The van der Waals surface area contributed by atoms with Gasteiger partial charge in [0.25, 0.3) is 5.91 Å². The zero-order chi connectivity index (χ0) is 32.4. The Bertz CT molecular complexity index is 1220. The molecule has 6 N–H and O–H groups in total. The van der Waals surface area contributed by atoms with Crippen LogP contribution in [0.25, 0.3) is 11.3 Å². The molecule has 2 aromatic rings. The van der Waals surface area contributed by atoms with Gasteiger partial charge in [-0.1, -0.05) is 71.9 Å².